The number of aromatic nitrogens is 2. The molecule has 4 heterocycles. The normalized spacial score (nSPS) is 31.3. The third kappa shape index (κ3) is 3.44. The second-order valence-electron chi connectivity index (χ2n) is 6.65. The van der Waals surface area contributed by atoms with Gasteiger partial charge in [0.2, 0.25) is 5.89 Å². The zero-order valence-electron chi connectivity index (χ0n) is 13.2. The van der Waals surface area contributed by atoms with Crippen LogP contribution < -0.4 is 5.73 Å². The Labute approximate surface area is 126 Å². The maximum atomic E-state index is 5.79. The molecule has 21 heavy (non-hydrogen) atoms. The average molecular weight is 293 g/mol. The number of hydrogen-bond donors (Lipinski definition) is 1. The third-order valence-electron chi connectivity index (χ3n) is 4.75. The molecule has 6 heteroatoms. The van der Waals surface area contributed by atoms with Gasteiger partial charge in [-0.2, -0.15) is 4.98 Å². The van der Waals surface area contributed by atoms with E-state index in [0.717, 1.165) is 50.6 Å². The van der Waals surface area contributed by atoms with E-state index in [4.69, 9.17) is 10.3 Å². The number of piperazine rings is 3. The number of fused-ring (bicyclic) bond motifs is 3. The molecule has 2 N–H and O–H groups in total. The Kier molecular flexibility index (Phi) is 4.57. The summed E-state index contributed by atoms with van der Waals surface area (Å²) in [5.74, 6) is 1.97. The van der Waals surface area contributed by atoms with Gasteiger partial charge in [-0.1, -0.05) is 18.5 Å². The van der Waals surface area contributed by atoms with Crippen LogP contribution in [-0.4, -0.2) is 58.7 Å². The van der Waals surface area contributed by atoms with Gasteiger partial charge in [0.25, 0.3) is 0 Å². The van der Waals surface area contributed by atoms with E-state index in [1.54, 1.807) is 0 Å². The molecule has 3 saturated heterocycles. The van der Waals surface area contributed by atoms with Gasteiger partial charge < -0.3 is 10.3 Å². The maximum absolute atomic E-state index is 5.79. The summed E-state index contributed by atoms with van der Waals surface area (Å²) < 4.78 is 5.51. The zero-order valence-corrected chi connectivity index (χ0v) is 13.2. The van der Waals surface area contributed by atoms with E-state index in [1.165, 1.54) is 13.1 Å². The summed E-state index contributed by atoms with van der Waals surface area (Å²) in [7, 11) is 0. The van der Waals surface area contributed by atoms with Crippen molar-refractivity contribution in [1.82, 2.24) is 19.9 Å². The first-order valence-electron chi connectivity index (χ1n) is 8.19. The molecule has 1 aromatic heterocycles. The molecule has 1 aromatic rings. The molecular formula is C15H27N5O. The third-order valence-corrected chi connectivity index (χ3v) is 4.75. The predicted octanol–water partition coefficient (Wildman–Crippen LogP) is 1.36. The van der Waals surface area contributed by atoms with Crippen LogP contribution in [0.3, 0.4) is 0 Å². The van der Waals surface area contributed by atoms with Crippen LogP contribution in [0.25, 0.3) is 0 Å². The highest BCUT2D eigenvalue weighted by molar-refractivity contribution is 5.03. The molecule has 3 atom stereocenters. The number of nitrogens with two attached hydrogens (primary N) is 1. The minimum absolute atomic E-state index is 0.273. The Morgan fingerprint density at radius 3 is 2.62 bits per heavy atom. The summed E-state index contributed by atoms with van der Waals surface area (Å²) in [6, 6.07) is 0.594. The van der Waals surface area contributed by atoms with Gasteiger partial charge in [0, 0.05) is 44.7 Å². The lowest BCUT2D eigenvalue weighted by Crippen LogP contribution is -2.57. The largest absolute Gasteiger partial charge is 0.339 e. The molecule has 3 unspecified atom stereocenters. The molecular weight excluding hydrogens is 266 g/mol. The van der Waals surface area contributed by atoms with Crippen LogP contribution in [0.15, 0.2) is 4.52 Å². The highest BCUT2D eigenvalue weighted by Gasteiger charge is 2.35. The molecule has 4 rings (SSSR count). The molecule has 0 aromatic carbocycles. The number of rotatable bonds is 6. The molecule has 0 spiro atoms. The monoisotopic (exact) mass is 293 g/mol. The molecule has 0 saturated carbocycles. The van der Waals surface area contributed by atoms with E-state index >= 15 is 0 Å². The molecule has 2 bridgehead atoms. The van der Waals surface area contributed by atoms with Gasteiger partial charge in [0.1, 0.15) is 0 Å². The van der Waals surface area contributed by atoms with Crippen LogP contribution in [0.1, 0.15) is 56.8 Å². The smallest absolute Gasteiger partial charge is 0.229 e. The van der Waals surface area contributed by atoms with Crippen LogP contribution in [0.2, 0.25) is 0 Å². The summed E-state index contributed by atoms with van der Waals surface area (Å²) in [6.07, 6.45) is 3.22. The summed E-state index contributed by atoms with van der Waals surface area (Å²) >= 11 is 0. The van der Waals surface area contributed by atoms with Crippen LogP contribution in [0.4, 0.5) is 0 Å². The van der Waals surface area contributed by atoms with Crippen molar-refractivity contribution in [1.29, 1.82) is 0 Å². The van der Waals surface area contributed by atoms with E-state index < -0.39 is 0 Å². The van der Waals surface area contributed by atoms with Crippen molar-refractivity contribution in [2.45, 2.75) is 51.1 Å². The second-order valence-corrected chi connectivity index (χ2v) is 6.65. The van der Waals surface area contributed by atoms with Crippen molar-refractivity contribution >= 4 is 0 Å². The molecule has 3 aliphatic rings. The standard InChI is InChI=1S/C15H27N5O/c1-11(4-3-5-12(2)16)15-17-14(18-21-15)13-10-19-6-8-20(13)9-7-19/h11-13H,3-10,16H2,1-2H3. The van der Waals surface area contributed by atoms with Crippen LogP contribution in [0.5, 0.6) is 0 Å². The van der Waals surface area contributed by atoms with Gasteiger partial charge in [-0.15, -0.1) is 0 Å². The van der Waals surface area contributed by atoms with Gasteiger partial charge in [-0.3, -0.25) is 9.80 Å². The van der Waals surface area contributed by atoms with E-state index in [1.807, 2.05) is 0 Å². The highest BCUT2D eigenvalue weighted by Crippen LogP contribution is 2.28. The van der Waals surface area contributed by atoms with E-state index in [9.17, 15) is 0 Å². The van der Waals surface area contributed by atoms with E-state index in [-0.39, 0.29) is 6.04 Å². The molecule has 0 radical (unpaired) electrons. The van der Waals surface area contributed by atoms with Crippen molar-refractivity contribution in [3.63, 3.8) is 0 Å². The van der Waals surface area contributed by atoms with Gasteiger partial charge in [-0.25, -0.2) is 0 Å². The quantitative estimate of drug-likeness (QED) is 0.854. The van der Waals surface area contributed by atoms with Gasteiger partial charge in [0.05, 0.1) is 6.04 Å². The first-order valence-corrected chi connectivity index (χ1v) is 8.19. The lowest BCUT2D eigenvalue weighted by atomic mass is 10.0. The Balaban J connectivity index is 1.58. The van der Waals surface area contributed by atoms with Crippen LogP contribution in [0, 0.1) is 0 Å². The highest BCUT2D eigenvalue weighted by atomic mass is 16.5. The minimum Gasteiger partial charge on any atom is -0.339 e. The van der Waals surface area contributed by atoms with Crippen LogP contribution in [-0.2, 0) is 0 Å². The first kappa shape index (κ1) is 14.9. The number of hydrogen-bond acceptors (Lipinski definition) is 6. The van der Waals surface area contributed by atoms with Gasteiger partial charge in [0.15, 0.2) is 5.82 Å². The summed E-state index contributed by atoms with van der Waals surface area (Å²) in [4.78, 5) is 9.65. The SMILES string of the molecule is CC(N)CCCC(C)c1nc(C2CN3CCN2CC3)no1. The second kappa shape index (κ2) is 6.42. The minimum atomic E-state index is 0.273. The molecule has 3 aliphatic heterocycles. The van der Waals surface area contributed by atoms with Crippen molar-refractivity contribution < 1.29 is 4.52 Å². The van der Waals surface area contributed by atoms with Gasteiger partial charge in [-0.05, 0) is 19.8 Å². The summed E-state index contributed by atoms with van der Waals surface area (Å²) in [5.41, 5.74) is 5.79. The lowest BCUT2D eigenvalue weighted by molar-refractivity contribution is 0.00781. The average Bonchev–Trinajstić information content (AvgIpc) is 2.97. The topological polar surface area (TPSA) is 71.4 Å². The van der Waals surface area contributed by atoms with Crippen molar-refractivity contribution in [2.75, 3.05) is 32.7 Å². The Morgan fingerprint density at radius 2 is 2.00 bits per heavy atom. The number of nitrogens with zero attached hydrogens (tertiary/aromatic N) is 4. The summed E-state index contributed by atoms with van der Waals surface area (Å²) in [6.45, 7) is 9.85. The predicted molar refractivity (Wildman–Crippen MR) is 81.0 cm³/mol. The van der Waals surface area contributed by atoms with Crippen molar-refractivity contribution in [2.24, 2.45) is 5.73 Å². The molecule has 0 aliphatic carbocycles. The van der Waals surface area contributed by atoms with E-state index in [2.05, 4.69) is 33.8 Å². The molecule has 0 amide bonds. The Hall–Kier alpha value is -0.980. The maximum Gasteiger partial charge on any atom is 0.229 e. The van der Waals surface area contributed by atoms with E-state index in [0.29, 0.717) is 12.0 Å². The fraction of sp³-hybridized carbons (Fsp3) is 0.867. The summed E-state index contributed by atoms with van der Waals surface area (Å²) in [5, 5.41) is 4.24. The fourth-order valence-electron chi connectivity index (χ4n) is 3.31. The fourth-order valence-corrected chi connectivity index (χ4v) is 3.31. The lowest BCUT2D eigenvalue weighted by Gasteiger charge is -2.46. The Morgan fingerprint density at radius 1 is 1.24 bits per heavy atom. The molecule has 3 fully saturated rings. The first-order chi connectivity index (χ1) is 10.1. The van der Waals surface area contributed by atoms with Gasteiger partial charge >= 0.3 is 0 Å². The zero-order chi connectivity index (χ0) is 14.8. The molecule has 6 nitrogen and oxygen atoms in total. The molecule has 118 valence electrons. The van der Waals surface area contributed by atoms with Crippen molar-refractivity contribution in [3.8, 4) is 0 Å². The van der Waals surface area contributed by atoms with Crippen molar-refractivity contribution in [3.05, 3.63) is 11.7 Å². The van der Waals surface area contributed by atoms with Crippen LogP contribution >= 0.6 is 0 Å². The Bertz CT molecular complexity index is 453.